The fourth-order valence-corrected chi connectivity index (χ4v) is 2.81. The van der Waals surface area contributed by atoms with Gasteiger partial charge in [0.2, 0.25) is 5.89 Å². The minimum Gasteiger partial charge on any atom is -0.491 e. The van der Waals surface area contributed by atoms with Gasteiger partial charge in [0, 0.05) is 17.3 Å². The van der Waals surface area contributed by atoms with Crippen molar-refractivity contribution in [3.63, 3.8) is 0 Å². The van der Waals surface area contributed by atoms with Crippen molar-refractivity contribution in [2.45, 2.75) is 0 Å². The molecule has 0 radical (unpaired) electrons. The molecule has 4 nitrogen and oxygen atoms in total. The maximum Gasteiger partial charge on any atom is 0.227 e. The number of aromatic nitrogens is 1. The molecule has 0 fully saturated rings. The molecule has 0 amide bonds. The molecule has 0 aliphatic heterocycles. The van der Waals surface area contributed by atoms with E-state index in [1.54, 1.807) is 18.2 Å². The molecule has 0 aliphatic rings. The molecule has 0 saturated carbocycles. The van der Waals surface area contributed by atoms with E-state index in [0.717, 1.165) is 27.9 Å². The van der Waals surface area contributed by atoms with Gasteiger partial charge in [-0.05, 0) is 47.5 Å². The van der Waals surface area contributed by atoms with Crippen LogP contribution in [0.2, 0.25) is 0 Å². The third-order valence-corrected chi connectivity index (χ3v) is 4.27. The third-order valence-electron chi connectivity index (χ3n) is 4.27. The lowest BCUT2D eigenvalue weighted by Gasteiger charge is -2.01. The Hall–Kier alpha value is -3.60. The molecule has 3 aromatic carbocycles. The molecule has 0 aliphatic carbocycles. The summed E-state index contributed by atoms with van der Waals surface area (Å²) in [6, 6.07) is 21.0. The van der Waals surface area contributed by atoms with Gasteiger partial charge in [0.25, 0.3) is 0 Å². The van der Waals surface area contributed by atoms with Gasteiger partial charge in [-0.25, -0.2) is 9.37 Å². The smallest absolute Gasteiger partial charge is 0.227 e. The Kier molecular flexibility index (Phi) is 5.06. The number of benzene rings is 3. The molecule has 0 saturated heterocycles. The number of anilines is 1. The monoisotopic (exact) mass is 374 g/mol. The van der Waals surface area contributed by atoms with Crippen LogP contribution in [0.4, 0.5) is 10.1 Å². The van der Waals surface area contributed by atoms with Crippen LogP contribution >= 0.6 is 0 Å². The number of fused-ring (bicyclic) bond motifs is 1. The van der Waals surface area contributed by atoms with Crippen LogP contribution in [-0.2, 0) is 0 Å². The number of hydrogen-bond acceptors (Lipinski definition) is 4. The average Bonchev–Trinajstić information content (AvgIpc) is 3.15. The second kappa shape index (κ2) is 7.96. The van der Waals surface area contributed by atoms with Crippen molar-refractivity contribution in [2.75, 3.05) is 19.0 Å². The van der Waals surface area contributed by atoms with Crippen molar-refractivity contribution in [3.8, 4) is 17.2 Å². The molecule has 4 aromatic rings. The molecule has 1 heterocycles. The number of nitrogens with two attached hydrogens (primary N) is 1. The van der Waals surface area contributed by atoms with E-state index in [-0.39, 0.29) is 6.61 Å². The number of rotatable bonds is 6. The first-order chi connectivity index (χ1) is 13.7. The second-order valence-corrected chi connectivity index (χ2v) is 6.31. The Morgan fingerprint density at radius 1 is 0.929 bits per heavy atom. The van der Waals surface area contributed by atoms with Crippen LogP contribution < -0.4 is 10.5 Å². The normalized spacial score (nSPS) is 11.3. The summed E-state index contributed by atoms with van der Waals surface area (Å²) >= 11 is 0. The SMILES string of the molecule is Nc1ccc(/C=C/c2ccc(-c3nc4ccc(OCCF)cc4o3)cc2)cc1. The standard InChI is InChI=1S/C23H19FN2O2/c24-13-14-27-20-11-12-21-22(15-20)28-23(26-21)18-7-3-16(4-8-18)1-2-17-5-9-19(25)10-6-17/h1-12,15H,13-14,25H2/b2-1+. The summed E-state index contributed by atoms with van der Waals surface area (Å²) < 4.78 is 23.4. The van der Waals surface area contributed by atoms with Gasteiger partial charge >= 0.3 is 0 Å². The summed E-state index contributed by atoms with van der Waals surface area (Å²) in [5, 5.41) is 0. The van der Waals surface area contributed by atoms with Crippen LogP contribution in [0.3, 0.4) is 0 Å². The summed E-state index contributed by atoms with van der Waals surface area (Å²) in [6.07, 6.45) is 4.07. The Balaban J connectivity index is 1.52. The van der Waals surface area contributed by atoms with Gasteiger partial charge in [0.05, 0.1) is 0 Å². The molecule has 0 spiro atoms. The molecule has 5 heteroatoms. The number of halogens is 1. The number of oxazole rings is 1. The Labute approximate surface area is 162 Å². The summed E-state index contributed by atoms with van der Waals surface area (Å²) in [4.78, 5) is 4.51. The summed E-state index contributed by atoms with van der Waals surface area (Å²) in [7, 11) is 0. The number of alkyl halides is 1. The molecular weight excluding hydrogens is 355 g/mol. The van der Waals surface area contributed by atoms with E-state index in [2.05, 4.69) is 4.98 Å². The predicted octanol–water partition coefficient (Wildman–Crippen LogP) is 5.60. The zero-order valence-electron chi connectivity index (χ0n) is 15.1. The highest BCUT2D eigenvalue weighted by atomic mass is 19.1. The van der Waals surface area contributed by atoms with Crippen LogP contribution in [0, 0.1) is 0 Å². The van der Waals surface area contributed by atoms with Crippen molar-refractivity contribution < 1.29 is 13.5 Å². The van der Waals surface area contributed by atoms with Crippen LogP contribution in [0.15, 0.2) is 71.1 Å². The van der Waals surface area contributed by atoms with Crippen molar-refractivity contribution in [1.82, 2.24) is 4.98 Å². The highest BCUT2D eigenvalue weighted by Crippen LogP contribution is 2.27. The van der Waals surface area contributed by atoms with E-state index in [1.165, 1.54) is 0 Å². The van der Waals surface area contributed by atoms with E-state index in [9.17, 15) is 4.39 Å². The Bertz CT molecular complexity index is 1100. The first-order valence-corrected chi connectivity index (χ1v) is 8.95. The second-order valence-electron chi connectivity index (χ2n) is 6.31. The van der Waals surface area contributed by atoms with Crippen molar-refractivity contribution in [3.05, 3.63) is 77.9 Å². The molecule has 0 unspecified atom stereocenters. The Morgan fingerprint density at radius 2 is 1.61 bits per heavy atom. The maximum absolute atomic E-state index is 12.2. The molecule has 2 N–H and O–H groups in total. The van der Waals surface area contributed by atoms with Crippen LogP contribution in [0.5, 0.6) is 5.75 Å². The molecular formula is C23H19FN2O2. The van der Waals surface area contributed by atoms with Crippen LogP contribution in [0.1, 0.15) is 11.1 Å². The Morgan fingerprint density at radius 3 is 2.29 bits per heavy atom. The van der Waals surface area contributed by atoms with Gasteiger partial charge in [-0.15, -0.1) is 0 Å². The van der Waals surface area contributed by atoms with Gasteiger partial charge in [-0.2, -0.15) is 0 Å². The summed E-state index contributed by atoms with van der Waals surface area (Å²) in [5.74, 6) is 1.10. The van der Waals surface area contributed by atoms with Gasteiger partial charge in [0.1, 0.15) is 24.5 Å². The van der Waals surface area contributed by atoms with Gasteiger partial charge < -0.3 is 14.9 Å². The number of nitrogen functional groups attached to an aromatic ring is 1. The number of hydrogen-bond donors (Lipinski definition) is 1. The number of ether oxygens (including phenoxy) is 1. The fraction of sp³-hybridized carbons (Fsp3) is 0.0870. The zero-order chi connectivity index (χ0) is 19.3. The van der Waals surface area contributed by atoms with Gasteiger partial charge in [0.15, 0.2) is 5.58 Å². The lowest BCUT2D eigenvalue weighted by molar-refractivity contribution is 0.273. The average molecular weight is 374 g/mol. The third kappa shape index (κ3) is 4.04. The topological polar surface area (TPSA) is 61.3 Å². The minimum absolute atomic E-state index is 0.0256. The highest BCUT2D eigenvalue weighted by Gasteiger charge is 2.09. The minimum atomic E-state index is -0.529. The lowest BCUT2D eigenvalue weighted by Crippen LogP contribution is -1.97. The van der Waals surface area contributed by atoms with Crippen molar-refractivity contribution >= 4 is 28.9 Å². The maximum atomic E-state index is 12.2. The first kappa shape index (κ1) is 17.8. The molecule has 28 heavy (non-hydrogen) atoms. The van der Waals surface area contributed by atoms with E-state index in [0.29, 0.717) is 17.2 Å². The van der Waals surface area contributed by atoms with Crippen LogP contribution in [0.25, 0.3) is 34.7 Å². The quantitative estimate of drug-likeness (QED) is 0.353. The van der Waals surface area contributed by atoms with E-state index in [4.69, 9.17) is 14.9 Å². The summed E-state index contributed by atoms with van der Waals surface area (Å²) in [6.45, 7) is -0.503. The molecule has 1 aromatic heterocycles. The van der Waals surface area contributed by atoms with E-state index in [1.807, 2.05) is 60.7 Å². The van der Waals surface area contributed by atoms with Gasteiger partial charge in [-0.1, -0.05) is 36.4 Å². The molecule has 4 rings (SSSR count). The predicted molar refractivity (Wildman–Crippen MR) is 111 cm³/mol. The summed E-state index contributed by atoms with van der Waals surface area (Å²) in [5.41, 5.74) is 10.8. The fourth-order valence-electron chi connectivity index (χ4n) is 2.81. The van der Waals surface area contributed by atoms with Crippen molar-refractivity contribution in [2.24, 2.45) is 0 Å². The molecule has 0 atom stereocenters. The van der Waals surface area contributed by atoms with Gasteiger partial charge in [-0.3, -0.25) is 0 Å². The van der Waals surface area contributed by atoms with E-state index >= 15 is 0 Å². The molecule has 0 bridgehead atoms. The zero-order valence-corrected chi connectivity index (χ0v) is 15.1. The largest absolute Gasteiger partial charge is 0.491 e. The lowest BCUT2D eigenvalue weighted by atomic mass is 10.1. The van der Waals surface area contributed by atoms with Crippen molar-refractivity contribution in [1.29, 1.82) is 0 Å². The highest BCUT2D eigenvalue weighted by molar-refractivity contribution is 5.78. The molecule has 140 valence electrons. The van der Waals surface area contributed by atoms with Crippen LogP contribution in [-0.4, -0.2) is 18.3 Å². The van der Waals surface area contributed by atoms with E-state index < -0.39 is 6.67 Å². The first-order valence-electron chi connectivity index (χ1n) is 8.95. The number of nitrogens with zero attached hydrogens (tertiary/aromatic N) is 1.